The predicted octanol–water partition coefficient (Wildman–Crippen LogP) is 4.88. The highest BCUT2D eigenvalue weighted by Crippen LogP contribution is 2.37. The van der Waals surface area contributed by atoms with Crippen molar-refractivity contribution in [1.29, 1.82) is 0 Å². The minimum atomic E-state index is -1.04. The first kappa shape index (κ1) is 22.4. The predicted molar refractivity (Wildman–Crippen MR) is 123 cm³/mol. The quantitative estimate of drug-likeness (QED) is 0.461. The number of carbonyl (C=O) groups is 2. The Kier molecular flexibility index (Phi) is 6.57. The topological polar surface area (TPSA) is 84.2 Å². The Balaban J connectivity index is 1.95. The lowest BCUT2D eigenvalue weighted by atomic mass is 10.0. The van der Waals surface area contributed by atoms with Crippen molar-refractivity contribution in [2.24, 2.45) is 5.92 Å². The third kappa shape index (κ3) is 4.54. The first-order valence-corrected chi connectivity index (χ1v) is 11.2. The smallest absolute Gasteiger partial charge is 0.326 e. The average Bonchev–Trinajstić information content (AvgIpc) is 3.04. The molecule has 2 N–H and O–H groups in total. The van der Waals surface area contributed by atoms with E-state index < -0.39 is 16.8 Å². The molecule has 0 spiro atoms. The molecular formula is C22H24BrN3O3S. The minimum absolute atomic E-state index is 0.223. The fourth-order valence-electron chi connectivity index (χ4n) is 3.11. The van der Waals surface area contributed by atoms with Crippen molar-refractivity contribution in [3.8, 4) is 5.69 Å². The van der Waals surface area contributed by atoms with Gasteiger partial charge in [-0.05, 0) is 47.1 Å². The van der Waals surface area contributed by atoms with Gasteiger partial charge in [-0.3, -0.25) is 9.36 Å². The number of benzene rings is 2. The molecule has 1 amide bonds. The second-order valence-electron chi connectivity index (χ2n) is 7.84. The zero-order valence-corrected chi connectivity index (χ0v) is 19.6. The molecule has 1 aromatic heterocycles. The van der Waals surface area contributed by atoms with Crippen LogP contribution < -0.4 is 5.32 Å². The summed E-state index contributed by atoms with van der Waals surface area (Å²) >= 11 is 4.86. The normalized spacial score (nSPS) is 12.9. The molecule has 158 valence electrons. The molecule has 3 rings (SSSR count). The standard InChI is InChI=1S/C22H24BrN3O3S/c1-13(2)18(19(27)28)25-20(29)22(3,4)30-21-24-12-17(23)26(21)16-11-7-9-14-8-5-6-10-15(14)16/h5-13,18H,1-4H3,(H,25,29)(H,27,28). The number of hydrogen-bond donors (Lipinski definition) is 2. The van der Waals surface area contributed by atoms with Crippen LogP contribution in [0.25, 0.3) is 16.5 Å². The zero-order valence-electron chi connectivity index (χ0n) is 17.2. The summed E-state index contributed by atoms with van der Waals surface area (Å²) in [6.45, 7) is 7.07. The Morgan fingerprint density at radius 1 is 1.17 bits per heavy atom. The number of rotatable bonds is 7. The second kappa shape index (κ2) is 8.81. The number of carboxylic acids is 1. The molecule has 6 nitrogen and oxygen atoms in total. The number of aromatic nitrogens is 2. The van der Waals surface area contributed by atoms with Crippen LogP contribution in [-0.4, -0.2) is 37.3 Å². The van der Waals surface area contributed by atoms with E-state index in [4.69, 9.17) is 0 Å². The number of nitrogens with zero attached hydrogens (tertiary/aromatic N) is 2. The van der Waals surface area contributed by atoms with Crippen molar-refractivity contribution >= 4 is 50.3 Å². The van der Waals surface area contributed by atoms with Crippen molar-refractivity contribution in [3.05, 3.63) is 53.3 Å². The molecule has 30 heavy (non-hydrogen) atoms. The van der Waals surface area contributed by atoms with Crippen molar-refractivity contribution in [3.63, 3.8) is 0 Å². The summed E-state index contributed by atoms with van der Waals surface area (Å²) in [6.07, 6.45) is 1.70. The number of hydrogen-bond acceptors (Lipinski definition) is 4. The molecule has 0 aliphatic heterocycles. The highest BCUT2D eigenvalue weighted by molar-refractivity contribution is 9.10. The van der Waals surface area contributed by atoms with Crippen LogP contribution >= 0.6 is 27.7 Å². The van der Waals surface area contributed by atoms with Crippen molar-refractivity contribution < 1.29 is 14.7 Å². The van der Waals surface area contributed by atoms with Gasteiger partial charge in [-0.15, -0.1) is 0 Å². The van der Waals surface area contributed by atoms with Gasteiger partial charge in [0, 0.05) is 5.39 Å². The highest BCUT2D eigenvalue weighted by atomic mass is 79.9. The molecule has 0 saturated carbocycles. The summed E-state index contributed by atoms with van der Waals surface area (Å²) < 4.78 is 1.79. The van der Waals surface area contributed by atoms with Gasteiger partial charge in [0.05, 0.1) is 16.6 Å². The second-order valence-corrected chi connectivity index (χ2v) is 10.2. The van der Waals surface area contributed by atoms with Gasteiger partial charge in [0.1, 0.15) is 10.6 Å². The molecular weight excluding hydrogens is 466 g/mol. The number of carbonyl (C=O) groups excluding carboxylic acids is 1. The van der Waals surface area contributed by atoms with E-state index in [1.165, 1.54) is 11.8 Å². The lowest BCUT2D eigenvalue weighted by Gasteiger charge is -2.27. The largest absolute Gasteiger partial charge is 0.480 e. The zero-order chi connectivity index (χ0) is 22.1. The summed E-state index contributed by atoms with van der Waals surface area (Å²) in [7, 11) is 0. The van der Waals surface area contributed by atoms with Gasteiger partial charge in [0.25, 0.3) is 0 Å². The van der Waals surface area contributed by atoms with E-state index in [1.807, 2.05) is 47.0 Å². The third-order valence-electron chi connectivity index (χ3n) is 4.81. The Labute approximate surface area is 188 Å². The maximum Gasteiger partial charge on any atom is 0.326 e. The van der Waals surface area contributed by atoms with Crippen LogP contribution in [0.3, 0.4) is 0 Å². The van der Waals surface area contributed by atoms with Gasteiger partial charge in [0.2, 0.25) is 5.91 Å². The SMILES string of the molecule is CC(C)C(NC(=O)C(C)(C)Sc1ncc(Br)n1-c1cccc2ccccc12)C(=O)O. The van der Waals surface area contributed by atoms with E-state index in [0.717, 1.165) is 21.1 Å². The van der Waals surface area contributed by atoms with Crippen LogP contribution in [0.1, 0.15) is 27.7 Å². The van der Waals surface area contributed by atoms with Gasteiger partial charge in [-0.1, -0.05) is 62.0 Å². The molecule has 0 saturated heterocycles. The molecule has 0 fully saturated rings. The summed E-state index contributed by atoms with van der Waals surface area (Å²) in [6, 6.07) is 13.2. The fourth-order valence-corrected chi connectivity index (χ4v) is 4.69. The Hall–Kier alpha value is -2.32. The number of carboxylic acid groups (broad SMARTS) is 1. The van der Waals surface area contributed by atoms with Crippen LogP contribution in [0.5, 0.6) is 0 Å². The van der Waals surface area contributed by atoms with Crippen LogP contribution in [-0.2, 0) is 9.59 Å². The molecule has 8 heteroatoms. The van der Waals surface area contributed by atoms with Crippen LogP contribution in [0, 0.1) is 5.92 Å². The van der Waals surface area contributed by atoms with Gasteiger partial charge in [-0.2, -0.15) is 0 Å². The number of halogens is 1. The van der Waals surface area contributed by atoms with Crippen molar-refractivity contribution in [2.75, 3.05) is 0 Å². The molecule has 1 heterocycles. The number of aliphatic carboxylic acids is 1. The molecule has 0 bridgehead atoms. The maximum absolute atomic E-state index is 12.9. The van der Waals surface area contributed by atoms with E-state index in [0.29, 0.717) is 5.16 Å². The van der Waals surface area contributed by atoms with E-state index in [9.17, 15) is 14.7 Å². The number of nitrogens with one attached hydrogen (secondary N) is 1. The fraction of sp³-hybridized carbons (Fsp3) is 0.318. The minimum Gasteiger partial charge on any atom is -0.480 e. The van der Waals surface area contributed by atoms with Gasteiger partial charge < -0.3 is 10.4 Å². The van der Waals surface area contributed by atoms with Crippen LogP contribution in [0.4, 0.5) is 0 Å². The molecule has 0 radical (unpaired) electrons. The molecule has 0 aliphatic carbocycles. The summed E-state index contributed by atoms with van der Waals surface area (Å²) in [5.41, 5.74) is 0.946. The number of thioether (sulfide) groups is 1. The number of amides is 1. The van der Waals surface area contributed by atoms with E-state index in [2.05, 4.69) is 26.2 Å². The average molecular weight is 490 g/mol. The van der Waals surface area contributed by atoms with E-state index in [1.54, 1.807) is 33.9 Å². The monoisotopic (exact) mass is 489 g/mol. The first-order valence-electron chi connectivity index (χ1n) is 9.56. The molecule has 0 aliphatic rings. The van der Waals surface area contributed by atoms with Gasteiger partial charge in [-0.25, -0.2) is 9.78 Å². The summed E-state index contributed by atoms with van der Waals surface area (Å²) in [5.74, 6) is -1.62. The third-order valence-corrected chi connectivity index (χ3v) is 6.53. The molecule has 1 atom stereocenters. The molecule has 3 aromatic rings. The maximum atomic E-state index is 12.9. The van der Waals surface area contributed by atoms with Crippen molar-refractivity contribution in [2.45, 2.75) is 43.6 Å². The Bertz CT molecular complexity index is 1090. The number of fused-ring (bicyclic) bond motifs is 1. The molecule has 1 unspecified atom stereocenters. The van der Waals surface area contributed by atoms with Crippen LogP contribution in [0.15, 0.2) is 58.4 Å². The lowest BCUT2D eigenvalue weighted by molar-refractivity contribution is -0.143. The first-order chi connectivity index (χ1) is 14.1. The summed E-state index contributed by atoms with van der Waals surface area (Å²) in [5, 5.41) is 14.9. The lowest BCUT2D eigenvalue weighted by Crippen LogP contribution is -2.50. The Morgan fingerprint density at radius 2 is 1.83 bits per heavy atom. The van der Waals surface area contributed by atoms with Crippen LogP contribution in [0.2, 0.25) is 0 Å². The molecule has 2 aromatic carbocycles. The van der Waals surface area contributed by atoms with E-state index >= 15 is 0 Å². The van der Waals surface area contributed by atoms with Gasteiger partial charge >= 0.3 is 5.97 Å². The summed E-state index contributed by atoms with van der Waals surface area (Å²) in [4.78, 5) is 28.9. The number of imidazole rings is 1. The Morgan fingerprint density at radius 3 is 2.50 bits per heavy atom. The van der Waals surface area contributed by atoms with E-state index in [-0.39, 0.29) is 11.8 Å². The highest BCUT2D eigenvalue weighted by Gasteiger charge is 2.35. The van der Waals surface area contributed by atoms with Crippen molar-refractivity contribution in [1.82, 2.24) is 14.9 Å². The van der Waals surface area contributed by atoms with Gasteiger partial charge in [0.15, 0.2) is 5.16 Å².